The number of fused-ring (bicyclic) bond motifs is 2. The summed E-state index contributed by atoms with van der Waals surface area (Å²) >= 11 is 7.54. The Morgan fingerprint density at radius 3 is 2.49 bits per heavy atom. The van der Waals surface area contributed by atoms with Gasteiger partial charge in [0, 0.05) is 33.4 Å². The molecule has 2 aliphatic rings. The molecule has 3 aromatic rings. The number of hydrogen-bond acceptors (Lipinski definition) is 5. The first-order valence-electron chi connectivity index (χ1n) is 13.0. The Bertz CT molecular complexity index is 1440. The first kappa shape index (κ1) is 27.0. The highest BCUT2D eigenvalue weighted by molar-refractivity contribution is 8.04. The zero-order chi connectivity index (χ0) is 26.3. The maximum atomic E-state index is 2.50. The first-order chi connectivity index (χ1) is 17.7. The van der Waals surface area contributed by atoms with Crippen molar-refractivity contribution in [1.29, 1.82) is 0 Å². The van der Waals surface area contributed by atoms with Gasteiger partial charge in [0.2, 0.25) is 5.52 Å². The summed E-state index contributed by atoms with van der Waals surface area (Å²) < 4.78 is 3.85. The van der Waals surface area contributed by atoms with Crippen molar-refractivity contribution in [3.8, 4) is 0 Å². The molecule has 1 aromatic heterocycles. The lowest BCUT2D eigenvalue weighted by atomic mass is 9.75. The lowest BCUT2D eigenvalue weighted by Gasteiger charge is -2.31. The van der Waals surface area contributed by atoms with Crippen molar-refractivity contribution < 1.29 is 4.57 Å². The largest absolute Gasteiger partial charge is 0.335 e. The summed E-state index contributed by atoms with van der Waals surface area (Å²) in [5, 5.41) is 2.71. The second-order valence-corrected chi connectivity index (χ2v) is 14.4. The zero-order valence-electron chi connectivity index (χ0n) is 23.0. The number of thiazole rings is 1. The third kappa shape index (κ3) is 5.45. The monoisotopic (exact) mass is 565 g/mol. The highest BCUT2D eigenvalue weighted by Crippen LogP contribution is 2.50. The van der Waals surface area contributed by atoms with Gasteiger partial charge in [0.15, 0.2) is 0 Å². The van der Waals surface area contributed by atoms with Crippen LogP contribution in [0.1, 0.15) is 51.1 Å². The van der Waals surface area contributed by atoms with Crippen LogP contribution in [0.3, 0.4) is 0 Å². The lowest BCUT2D eigenvalue weighted by molar-refractivity contribution is -0.665. The molecule has 0 spiro atoms. The van der Waals surface area contributed by atoms with E-state index in [1.165, 1.54) is 57.3 Å². The summed E-state index contributed by atoms with van der Waals surface area (Å²) in [6.07, 6.45) is 13.9. The van der Waals surface area contributed by atoms with Gasteiger partial charge in [-0.3, -0.25) is 0 Å². The number of aromatic nitrogens is 1. The van der Waals surface area contributed by atoms with E-state index in [0.717, 1.165) is 25.9 Å². The number of thioether (sulfide) groups is 3. The maximum Gasteiger partial charge on any atom is 0.263 e. The Kier molecular flexibility index (Phi) is 7.93. The van der Waals surface area contributed by atoms with Crippen LogP contribution in [-0.4, -0.2) is 19.1 Å². The molecular formula is C31H37N2S4+. The second kappa shape index (κ2) is 10.9. The van der Waals surface area contributed by atoms with Crippen molar-refractivity contribution in [2.75, 3.05) is 24.0 Å². The minimum atomic E-state index is 0.239. The molecule has 2 heterocycles. The standard InChI is InChI=1S/C31H37N2S4/c1-8-32-23-11-10-20(3)12-25(23)36-29(32)14-21-13-22(19-31(4,5)18-21)15-30-33(9-2)24-16-27(34-6)28(35-7)17-26(24)37-30/h10-17H,8-9,18-19H2,1-7H3/q+1. The lowest BCUT2D eigenvalue weighted by Crippen LogP contribution is -2.33. The van der Waals surface area contributed by atoms with Crippen molar-refractivity contribution in [1.82, 2.24) is 0 Å². The molecule has 0 amide bonds. The molecule has 2 aromatic carbocycles. The highest BCUT2D eigenvalue weighted by Gasteiger charge is 2.30. The van der Waals surface area contributed by atoms with Gasteiger partial charge < -0.3 is 4.90 Å². The first-order valence-corrected chi connectivity index (χ1v) is 17.1. The number of benzene rings is 2. The van der Waals surface area contributed by atoms with Crippen molar-refractivity contribution in [2.24, 2.45) is 5.41 Å². The minimum Gasteiger partial charge on any atom is -0.335 e. The van der Waals surface area contributed by atoms with Crippen molar-refractivity contribution in [3.05, 3.63) is 69.2 Å². The Morgan fingerprint density at radius 2 is 1.78 bits per heavy atom. The third-order valence-electron chi connectivity index (χ3n) is 7.11. The molecule has 1 aliphatic carbocycles. The fourth-order valence-electron chi connectivity index (χ4n) is 5.52. The number of anilines is 1. The molecule has 0 atom stereocenters. The van der Waals surface area contributed by atoms with Crippen LogP contribution in [0.15, 0.2) is 73.3 Å². The second-order valence-electron chi connectivity index (χ2n) is 10.6. The van der Waals surface area contributed by atoms with E-state index in [-0.39, 0.29) is 5.41 Å². The molecule has 5 rings (SSSR count). The van der Waals surface area contributed by atoms with Crippen LogP contribution >= 0.6 is 46.6 Å². The summed E-state index contributed by atoms with van der Waals surface area (Å²) in [7, 11) is 0. The normalized spacial score (nSPS) is 19.2. The third-order valence-corrected chi connectivity index (χ3v) is 11.0. The van der Waals surface area contributed by atoms with Crippen LogP contribution in [0.2, 0.25) is 0 Å². The summed E-state index contributed by atoms with van der Waals surface area (Å²) in [4.78, 5) is 6.63. The van der Waals surface area contributed by atoms with E-state index in [1.54, 1.807) is 0 Å². The van der Waals surface area contributed by atoms with Gasteiger partial charge in [-0.25, -0.2) is 0 Å². The van der Waals surface area contributed by atoms with Gasteiger partial charge in [-0.15, -0.1) is 23.5 Å². The Hall–Kier alpha value is -1.60. The van der Waals surface area contributed by atoms with Crippen LogP contribution in [0.25, 0.3) is 16.3 Å². The summed E-state index contributed by atoms with van der Waals surface area (Å²) in [5.41, 5.74) is 7.14. The molecule has 0 bridgehead atoms. The van der Waals surface area contributed by atoms with Crippen LogP contribution in [-0.2, 0) is 6.54 Å². The van der Waals surface area contributed by atoms with Gasteiger partial charge in [-0.1, -0.05) is 49.1 Å². The van der Waals surface area contributed by atoms with Gasteiger partial charge in [-0.05, 0) is 92.5 Å². The van der Waals surface area contributed by atoms with Gasteiger partial charge in [-0.2, -0.15) is 4.57 Å². The number of rotatable bonds is 6. The molecule has 0 unspecified atom stereocenters. The minimum absolute atomic E-state index is 0.239. The molecule has 0 radical (unpaired) electrons. The average molecular weight is 566 g/mol. The topological polar surface area (TPSA) is 7.12 Å². The number of hydrogen-bond donors (Lipinski definition) is 0. The molecule has 0 saturated heterocycles. The van der Waals surface area contributed by atoms with E-state index in [0.29, 0.717) is 0 Å². The van der Waals surface area contributed by atoms with E-state index < -0.39 is 0 Å². The average Bonchev–Trinajstić information content (AvgIpc) is 3.36. The van der Waals surface area contributed by atoms with E-state index in [4.69, 9.17) is 0 Å². The summed E-state index contributed by atoms with van der Waals surface area (Å²) in [5.74, 6) is 0. The van der Waals surface area contributed by atoms with Crippen LogP contribution in [0.5, 0.6) is 0 Å². The van der Waals surface area contributed by atoms with Gasteiger partial charge in [0.1, 0.15) is 11.2 Å². The van der Waals surface area contributed by atoms with E-state index in [2.05, 4.69) is 105 Å². The highest BCUT2D eigenvalue weighted by atomic mass is 32.2. The molecule has 0 saturated carbocycles. The quantitative estimate of drug-likeness (QED) is 0.217. The van der Waals surface area contributed by atoms with Crippen LogP contribution in [0.4, 0.5) is 5.69 Å². The summed E-state index contributed by atoms with van der Waals surface area (Å²) in [6, 6.07) is 11.6. The van der Waals surface area contributed by atoms with E-state index in [1.807, 2.05) is 46.6 Å². The predicted octanol–water partition coefficient (Wildman–Crippen LogP) is 9.56. The molecular weight excluding hydrogens is 529 g/mol. The Morgan fingerprint density at radius 1 is 1.03 bits per heavy atom. The van der Waals surface area contributed by atoms with Gasteiger partial charge in [0.05, 0.1) is 10.7 Å². The zero-order valence-corrected chi connectivity index (χ0v) is 26.2. The molecule has 37 heavy (non-hydrogen) atoms. The maximum absolute atomic E-state index is 2.50. The summed E-state index contributed by atoms with van der Waals surface area (Å²) in [6.45, 7) is 13.5. The predicted molar refractivity (Wildman–Crippen MR) is 168 cm³/mol. The number of nitrogens with zero attached hydrogens (tertiary/aromatic N) is 2. The van der Waals surface area contributed by atoms with Crippen LogP contribution < -0.4 is 9.47 Å². The molecule has 6 heteroatoms. The fourth-order valence-corrected chi connectivity index (χ4v) is 9.60. The SMILES string of the molecule is CCN1C(=CC2=CC(=Cc3sc4cc(C)ccc4[n+]3CC)CC(C)(C)C2)Sc2cc(SC)c(SC)cc21. The Labute approximate surface area is 239 Å². The number of aryl methyl sites for hydroxylation is 2. The molecule has 0 fully saturated rings. The van der Waals surface area contributed by atoms with Crippen molar-refractivity contribution in [3.63, 3.8) is 0 Å². The molecule has 0 N–H and O–H groups in total. The van der Waals surface area contributed by atoms with Crippen LogP contribution in [0, 0.1) is 12.3 Å². The smallest absolute Gasteiger partial charge is 0.263 e. The van der Waals surface area contributed by atoms with Gasteiger partial charge in [0.25, 0.3) is 5.01 Å². The van der Waals surface area contributed by atoms with Gasteiger partial charge >= 0.3 is 0 Å². The Balaban J connectivity index is 1.53. The molecule has 194 valence electrons. The van der Waals surface area contributed by atoms with E-state index in [9.17, 15) is 0 Å². The molecule has 1 aliphatic heterocycles. The van der Waals surface area contributed by atoms with Crippen molar-refractivity contribution in [2.45, 2.75) is 68.7 Å². The molecule has 2 nitrogen and oxygen atoms in total. The van der Waals surface area contributed by atoms with Crippen molar-refractivity contribution >= 4 is 68.6 Å². The van der Waals surface area contributed by atoms with E-state index >= 15 is 0 Å². The fraction of sp³-hybridized carbons (Fsp3) is 0.387. The number of allylic oxidation sites excluding steroid dienone is 4.